The number of aryl methyl sites for hydroxylation is 1. The van der Waals surface area contributed by atoms with Gasteiger partial charge in [0.1, 0.15) is 11.5 Å². The van der Waals surface area contributed by atoms with E-state index in [-0.39, 0.29) is 18.2 Å². The van der Waals surface area contributed by atoms with Gasteiger partial charge in [0, 0.05) is 6.42 Å². The molecule has 0 aliphatic rings. The number of hydrogen-bond donors (Lipinski definition) is 2. The van der Waals surface area contributed by atoms with Crippen LogP contribution in [-0.4, -0.2) is 23.6 Å². The van der Waals surface area contributed by atoms with E-state index in [1.807, 2.05) is 31.2 Å². The summed E-state index contributed by atoms with van der Waals surface area (Å²) in [5, 5.41) is 11.4. The molecule has 2 N–H and O–H groups in total. The Morgan fingerprint density at radius 2 is 2.04 bits per heavy atom. The number of carbonyl (C=O) groups is 2. The van der Waals surface area contributed by atoms with E-state index in [2.05, 4.69) is 5.32 Å². The first kappa shape index (κ1) is 17.6. The van der Waals surface area contributed by atoms with Crippen LogP contribution in [0.1, 0.15) is 41.1 Å². The fraction of sp³-hybridized carbons (Fsp3) is 0.333. The van der Waals surface area contributed by atoms with Crippen molar-refractivity contribution in [2.75, 3.05) is 6.61 Å². The maximum atomic E-state index is 11.7. The molecule has 1 aromatic carbocycles. The van der Waals surface area contributed by atoms with Gasteiger partial charge in [-0.3, -0.25) is 4.79 Å². The average molecular weight is 331 g/mol. The van der Waals surface area contributed by atoms with E-state index in [1.54, 1.807) is 6.07 Å². The van der Waals surface area contributed by atoms with Gasteiger partial charge in [-0.15, -0.1) is 0 Å². The van der Waals surface area contributed by atoms with Gasteiger partial charge in [-0.1, -0.05) is 12.1 Å². The minimum atomic E-state index is -1.12. The second kappa shape index (κ2) is 8.76. The molecule has 6 nitrogen and oxygen atoms in total. The minimum Gasteiger partial charge on any atom is -0.494 e. The molecule has 0 bridgehead atoms. The van der Waals surface area contributed by atoms with E-state index in [0.29, 0.717) is 18.8 Å². The lowest BCUT2D eigenvalue weighted by Gasteiger charge is -2.07. The van der Waals surface area contributed by atoms with Crippen molar-refractivity contribution in [3.8, 4) is 5.75 Å². The smallest absolute Gasteiger partial charge is 0.371 e. The second-order valence-corrected chi connectivity index (χ2v) is 5.47. The third kappa shape index (κ3) is 5.79. The molecule has 0 radical (unpaired) electrons. The highest BCUT2D eigenvalue weighted by atomic mass is 16.5. The summed E-state index contributed by atoms with van der Waals surface area (Å²) in [6, 6.07) is 10.7. The largest absolute Gasteiger partial charge is 0.494 e. The lowest BCUT2D eigenvalue weighted by atomic mass is 10.2. The zero-order valence-electron chi connectivity index (χ0n) is 13.6. The van der Waals surface area contributed by atoms with Crippen LogP contribution in [0.3, 0.4) is 0 Å². The first-order valence-corrected chi connectivity index (χ1v) is 7.83. The predicted octanol–water partition coefficient (Wildman–Crippen LogP) is 3.15. The zero-order chi connectivity index (χ0) is 17.4. The standard InChI is InChI=1S/C18H21NO5/c1-13-5-4-6-14(11-13)23-10-3-2-7-17(20)19-12-15-8-9-16(24-15)18(21)22/h4-6,8-9,11H,2-3,7,10,12H2,1H3,(H,19,20)(H,21,22). The number of rotatable bonds is 9. The summed E-state index contributed by atoms with van der Waals surface area (Å²) in [4.78, 5) is 22.4. The first-order valence-electron chi connectivity index (χ1n) is 7.83. The summed E-state index contributed by atoms with van der Waals surface area (Å²) in [7, 11) is 0. The van der Waals surface area contributed by atoms with Gasteiger partial charge in [0.2, 0.25) is 11.7 Å². The van der Waals surface area contributed by atoms with Crippen LogP contribution < -0.4 is 10.1 Å². The van der Waals surface area contributed by atoms with Gasteiger partial charge in [-0.2, -0.15) is 0 Å². The summed E-state index contributed by atoms with van der Waals surface area (Å²) < 4.78 is 10.7. The highest BCUT2D eigenvalue weighted by molar-refractivity contribution is 5.84. The van der Waals surface area contributed by atoms with Gasteiger partial charge in [-0.25, -0.2) is 4.79 Å². The van der Waals surface area contributed by atoms with Crippen molar-refractivity contribution in [1.82, 2.24) is 5.32 Å². The lowest BCUT2D eigenvalue weighted by Crippen LogP contribution is -2.22. The molecule has 0 saturated carbocycles. The number of furan rings is 1. The van der Waals surface area contributed by atoms with E-state index in [9.17, 15) is 9.59 Å². The highest BCUT2D eigenvalue weighted by Gasteiger charge is 2.09. The molecule has 2 rings (SSSR count). The average Bonchev–Trinajstić information content (AvgIpc) is 3.02. The Hall–Kier alpha value is -2.76. The number of nitrogens with one attached hydrogen (secondary N) is 1. The number of aromatic carboxylic acids is 1. The number of ether oxygens (including phenoxy) is 1. The van der Waals surface area contributed by atoms with E-state index in [4.69, 9.17) is 14.3 Å². The molecule has 0 fully saturated rings. The molecule has 1 amide bonds. The van der Waals surface area contributed by atoms with E-state index < -0.39 is 5.97 Å². The topological polar surface area (TPSA) is 88.8 Å². The second-order valence-electron chi connectivity index (χ2n) is 5.47. The van der Waals surface area contributed by atoms with Crippen LogP contribution in [0.5, 0.6) is 5.75 Å². The van der Waals surface area contributed by atoms with Crippen molar-refractivity contribution < 1.29 is 23.8 Å². The molecule has 0 aliphatic heterocycles. The van der Waals surface area contributed by atoms with Crippen molar-refractivity contribution in [3.63, 3.8) is 0 Å². The van der Waals surface area contributed by atoms with Gasteiger partial charge in [0.15, 0.2) is 0 Å². The third-order valence-corrected chi connectivity index (χ3v) is 3.39. The molecule has 2 aromatic rings. The Morgan fingerprint density at radius 1 is 1.21 bits per heavy atom. The van der Waals surface area contributed by atoms with E-state index >= 15 is 0 Å². The quantitative estimate of drug-likeness (QED) is 0.689. The molecule has 1 heterocycles. The van der Waals surface area contributed by atoms with Gasteiger partial charge in [0.25, 0.3) is 0 Å². The summed E-state index contributed by atoms with van der Waals surface area (Å²) in [6.45, 7) is 2.76. The van der Waals surface area contributed by atoms with Crippen LogP contribution >= 0.6 is 0 Å². The number of unbranched alkanes of at least 4 members (excludes halogenated alkanes) is 1. The van der Waals surface area contributed by atoms with Crippen molar-refractivity contribution in [2.24, 2.45) is 0 Å². The Labute approximate surface area is 140 Å². The normalized spacial score (nSPS) is 10.4. The monoisotopic (exact) mass is 331 g/mol. The van der Waals surface area contributed by atoms with Crippen LogP contribution in [0.15, 0.2) is 40.8 Å². The van der Waals surface area contributed by atoms with Gasteiger partial charge in [0.05, 0.1) is 13.2 Å². The third-order valence-electron chi connectivity index (χ3n) is 3.39. The molecule has 0 saturated heterocycles. The summed E-state index contributed by atoms with van der Waals surface area (Å²) >= 11 is 0. The molecule has 0 atom stereocenters. The lowest BCUT2D eigenvalue weighted by molar-refractivity contribution is -0.121. The van der Waals surface area contributed by atoms with Crippen LogP contribution in [0.4, 0.5) is 0 Å². The van der Waals surface area contributed by atoms with E-state index in [1.165, 1.54) is 6.07 Å². The molecule has 1 aromatic heterocycles. The molecule has 0 unspecified atom stereocenters. The predicted molar refractivity (Wildman–Crippen MR) is 88.0 cm³/mol. The molecule has 0 spiro atoms. The number of carbonyl (C=O) groups excluding carboxylic acids is 1. The summed E-state index contributed by atoms with van der Waals surface area (Å²) in [6.07, 6.45) is 1.89. The van der Waals surface area contributed by atoms with Crippen molar-refractivity contribution in [2.45, 2.75) is 32.7 Å². The number of hydrogen-bond acceptors (Lipinski definition) is 4. The fourth-order valence-electron chi connectivity index (χ4n) is 2.14. The van der Waals surface area contributed by atoms with Crippen LogP contribution in [0, 0.1) is 6.92 Å². The van der Waals surface area contributed by atoms with Crippen molar-refractivity contribution >= 4 is 11.9 Å². The number of carboxylic acid groups (broad SMARTS) is 1. The van der Waals surface area contributed by atoms with Crippen LogP contribution in [0.2, 0.25) is 0 Å². The van der Waals surface area contributed by atoms with Crippen LogP contribution in [-0.2, 0) is 11.3 Å². The Morgan fingerprint density at radius 3 is 2.75 bits per heavy atom. The van der Waals surface area contributed by atoms with Crippen molar-refractivity contribution in [3.05, 3.63) is 53.5 Å². The van der Waals surface area contributed by atoms with Gasteiger partial charge >= 0.3 is 5.97 Å². The minimum absolute atomic E-state index is 0.0983. The molecule has 6 heteroatoms. The number of amides is 1. The SMILES string of the molecule is Cc1cccc(OCCCCC(=O)NCc2ccc(C(=O)O)o2)c1. The molecule has 24 heavy (non-hydrogen) atoms. The Balaban J connectivity index is 1.58. The number of benzene rings is 1. The molecule has 128 valence electrons. The summed E-state index contributed by atoms with van der Waals surface area (Å²) in [5.74, 6) is -0.0948. The first-order chi connectivity index (χ1) is 11.5. The maximum Gasteiger partial charge on any atom is 0.371 e. The molecular weight excluding hydrogens is 310 g/mol. The Bertz CT molecular complexity index is 692. The zero-order valence-corrected chi connectivity index (χ0v) is 13.6. The summed E-state index contributed by atoms with van der Waals surface area (Å²) in [5.41, 5.74) is 1.15. The van der Waals surface area contributed by atoms with E-state index in [0.717, 1.165) is 24.2 Å². The van der Waals surface area contributed by atoms with Gasteiger partial charge < -0.3 is 19.6 Å². The highest BCUT2D eigenvalue weighted by Crippen LogP contribution is 2.13. The molecule has 0 aliphatic carbocycles. The number of carboxylic acids is 1. The van der Waals surface area contributed by atoms with Gasteiger partial charge in [-0.05, 0) is 49.6 Å². The fourth-order valence-corrected chi connectivity index (χ4v) is 2.14. The van der Waals surface area contributed by atoms with Crippen LogP contribution in [0.25, 0.3) is 0 Å². The Kier molecular flexibility index (Phi) is 6.42. The maximum absolute atomic E-state index is 11.7. The van der Waals surface area contributed by atoms with Crippen molar-refractivity contribution in [1.29, 1.82) is 0 Å². The molecular formula is C18H21NO5.